The number of hydrogen-bond donors (Lipinski definition) is 1. The van der Waals surface area contributed by atoms with Gasteiger partial charge in [-0.15, -0.1) is 0 Å². The summed E-state index contributed by atoms with van der Waals surface area (Å²) in [7, 11) is 0. The summed E-state index contributed by atoms with van der Waals surface area (Å²) in [6, 6.07) is 19.4. The van der Waals surface area contributed by atoms with E-state index in [-0.39, 0.29) is 5.82 Å². The molecule has 0 aliphatic carbocycles. The molecule has 130 valence electrons. The van der Waals surface area contributed by atoms with Gasteiger partial charge < -0.3 is 4.98 Å². The lowest BCUT2D eigenvalue weighted by Gasteiger charge is -2.10. The van der Waals surface area contributed by atoms with Gasteiger partial charge in [-0.2, -0.15) is 0 Å². The lowest BCUT2D eigenvalue weighted by atomic mass is 10.0. The third-order valence-corrected chi connectivity index (χ3v) is 4.79. The number of nitrogens with zero attached hydrogens (tertiary/aromatic N) is 1. The van der Waals surface area contributed by atoms with Crippen molar-refractivity contribution in [3.63, 3.8) is 0 Å². The highest BCUT2D eigenvalue weighted by Crippen LogP contribution is 2.24. The molecule has 2 heterocycles. The van der Waals surface area contributed by atoms with E-state index in [1.54, 1.807) is 0 Å². The first kappa shape index (κ1) is 16.5. The Labute approximate surface area is 152 Å². The van der Waals surface area contributed by atoms with Crippen LogP contribution < -0.4 is 0 Å². The molecule has 0 bridgehead atoms. The molecule has 0 unspecified atom stereocenters. The van der Waals surface area contributed by atoms with Crippen LogP contribution in [0.15, 0.2) is 60.7 Å². The Hall–Kier alpha value is -2.94. The number of benzene rings is 2. The molecule has 0 radical (unpaired) electrons. The Morgan fingerprint density at radius 2 is 1.69 bits per heavy atom. The summed E-state index contributed by atoms with van der Waals surface area (Å²) in [5, 5.41) is 2.38. The smallest absolute Gasteiger partial charge is 0.123 e. The first-order valence-corrected chi connectivity index (χ1v) is 8.85. The van der Waals surface area contributed by atoms with E-state index in [0.29, 0.717) is 6.42 Å². The molecule has 0 spiro atoms. The van der Waals surface area contributed by atoms with Gasteiger partial charge in [0, 0.05) is 35.3 Å². The molecular weight excluding hydrogens is 323 g/mol. The van der Waals surface area contributed by atoms with Crippen molar-refractivity contribution >= 4 is 10.8 Å². The molecule has 0 aliphatic heterocycles. The Balaban J connectivity index is 1.75. The van der Waals surface area contributed by atoms with Gasteiger partial charge in [-0.25, -0.2) is 4.39 Å². The van der Waals surface area contributed by atoms with E-state index in [1.807, 2.05) is 12.1 Å². The molecule has 3 heteroatoms. The molecule has 4 aromatic rings. The van der Waals surface area contributed by atoms with Crippen molar-refractivity contribution in [2.24, 2.45) is 0 Å². The summed E-state index contributed by atoms with van der Waals surface area (Å²) < 4.78 is 13.2. The summed E-state index contributed by atoms with van der Waals surface area (Å²) >= 11 is 0. The third-order valence-electron chi connectivity index (χ3n) is 4.79. The number of aryl methyl sites for hydroxylation is 2. The second-order valence-corrected chi connectivity index (χ2v) is 6.86. The molecular formula is C23H21FN2. The highest BCUT2D eigenvalue weighted by molar-refractivity contribution is 5.85. The van der Waals surface area contributed by atoms with Crippen LogP contribution in [-0.2, 0) is 12.8 Å². The van der Waals surface area contributed by atoms with E-state index in [4.69, 9.17) is 4.98 Å². The fourth-order valence-corrected chi connectivity index (χ4v) is 3.51. The number of aromatic amines is 1. The predicted molar refractivity (Wildman–Crippen MR) is 104 cm³/mol. The van der Waals surface area contributed by atoms with Crippen LogP contribution in [-0.4, -0.2) is 9.97 Å². The first-order chi connectivity index (χ1) is 12.6. The first-order valence-electron chi connectivity index (χ1n) is 8.85. The molecule has 0 saturated heterocycles. The van der Waals surface area contributed by atoms with Crippen LogP contribution in [0.4, 0.5) is 4.39 Å². The summed E-state index contributed by atoms with van der Waals surface area (Å²) in [5.74, 6) is -0.209. The molecule has 1 N–H and O–H groups in total. The van der Waals surface area contributed by atoms with Gasteiger partial charge in [-0.3, -0.25) is 4.98 Å². The van der Waals surface area contributed by atoms with Crippen LogP contribution in [0.1, 0.15) is 33.9 Å². The lowest BCUT2D eigenvalue weighted by Crippen LogP contribution is -2.00. The average molecular weight is 344 g/mol. The summed E-state index contributed by atoms with van der Waals surface area (Å²) in [4.78, 5) is 8.33. The number of hydrogen-bond acceptors (Lipinski definition) is 1. The number of halogens is 1. The highest BCUT2D eigenvalue weighted by Gasteiger charge is 2.10. The average Bonchev–Trinajstić information content (AvgIpc) is 2.94. The van der Waals surface area contributed by atoms with E-state index < -0.39 is 0 Å². The number of H-pyrrole nitrogens is 1. The zero-order valence-electron chi connectivity index (χ0n) is 15.0. The molecule has 2 nitrogen and oxygen atoms in total. The number of pyridine rings is 1. The van der Waals surface area contributed by atoms with Crippen LogP contribution in [0.25, 0.3) is 10.8 Å². The molecule has 0 saturated carbocycles. The van der Waals surface area contributed by atoms with Gasteiger partial charge in [0.2, 0.25) is 0 Å². The maximum atomic E-state index is 13.2. The Morgan fingerprint density at radius 1 is 0.923 bits per heavy atom. The van der Waals surface area contributed by atoms with Gasteiger partial charge in [0.05, 0.1) is 5.69 Å². The van der Waals surface area contributed by atoms with Crippen molar-refractivity contribution in [1.29, 1.82) is 0 Å². The highest BCUT2D eigenvalue weighted by atomic mass is 19.1. The standard InChI is InChI=1S/C23H21FN2/c1-15-11-19(16(2)25-15)14-23-22-6-4-3-5-18(22)13-21(26-23)12-17-7-9-20(24)10-8-17/h3-11,13,25H,12,14H2,1-2H3. The number of fused-ring (bicyclic) bond motifs is 1. The Kier molecular flexibility index (Phi) is 4.29. The van der Waals surface area contributed by atoms with Gasteiger partial charge in [0.15, 0.2) is 0 Å². The second kappa shape index (κ2) is 6.75. The molecule has 0 atom stereocenters. The minimum Gasteiger partial charge on any atom is -0.362 e. The fraction of sp³-hybridized carbons (Fsp3) is 0.174. The zero-order chi connectivity index (χ0) is 18.1. The lowest BCUT2D eigenvalue weighted by molar-refractivity contribution is 0.627. The quantitative estimate of drug-likeness (QED) is 0.520. The Morgan fingerprint density at radius 3 is 2.42 bits per heavy atom. The molecule has 2 aromatic heterocycles. The number of rotatable bonds is 4. The molecule has 4 rings (SSSR count). The zero-order valence-corrected chi connectivity index (χ0v) is 15.0. The van der Waals surface area contributed by atoms with Crippen molar-refractivity contribution in [3.05, 3.63) is 100 Å². The van der Waals surface area contributed by atoms with Gasteiger partial charge >= 0.3 is 0 Å². The van der Waals surface area contributed by atoms with Crippen molar-refractivity contribution in [3.8, 4) is 0 Å². The van der Waals surface area contributed by atoms with Crippen LogP contribution in [0, 0.1) is 19.7 Å². The SMILES string of the molecule is Cc1cc(Cc2nc(Cc3ccc(F)cc3)cc3ccccc23)c(C)[nH]1. The van der Waals surface area contributed by atoms with Gasteiger partial charge in [0.1, 0.15) is 5.82 Å². The number of nitrogens with one attached hydrogen (secondary N) is 1. The van der Waals surface area contributed by atoms with Crippen LogP contribution in [0.5, 0.6) is 0 Å². The van der Waals surface area contributed by atoms with Gasteiger partial charge in [-0.05, 0) is 54.6 Å². The van der Waals surface area contributed by atoms with E-state index in [1.165, 1.54) is 39.9 Å². The monoisotopic (exact) mass is 344 g/mol. The number of aromatic nitrogens is 2. The van der Waals surface area contributed by atoms with E-state index >= 15 is 0 Å². The third kappa shape index (κ3) is 3.38. The molecule has 0 aliphatic rings. The minimum absolute atomic E-state index is 0.209. The van der Waals surface area contributed by atoms with Crippen LogP contribution in [0.2, 0.25) is 0 Å². The summed E-state index contributed by atoms with van der Waals surface area (Å²) in [6.45, 7) is 4.18. The maximum absolute atomic E-state index is 13.2. The summed E-state index contributed by atoms with van der Waals surface area (Å²) in [5.41, 5.74) is 6.80. The maximum Gasteiger partial charge on any atom is 0.123 e. The normalized spacial score (nSPS) is 11.2. The minimum atomic E-state index is -0.209. The fourth-order valence-electron chi connectivity index (χ4n) is 3.51. The molecule has 26 heavy (non-hydrogen) atoms. The van der Waals surface area contributed by atoms with Crippen LogP contribution in [0.3, 0.4) is 0 Å². The molecule has 0 amide bonds. The predicted octanol–water partition coefficient (Wildman–Crippen LogP) is 5.50. The van der Waals surface area contributed by atoms with E-state index in [9.17, 15) is 4.39 Å². The Bertz CT molecular complexity index is 1060. The van der Waals surface area contributed by atoms with E-state index in [2.05, 4.69) is 55.2 Å². The second-order valence-electron chi connectivity index (χ2n) is 6.86. The van der Waals surface area contributed by atoms with Crippen molar-refractivity contribution < 1.29 is 4.39 Å². The molecule has 2 aromatic carbocycles. The molecule has 0 fully saturated rings. The van der Waals surface area contributed by atoms with Crippen LogP contribution >= 0.6 is 0 Å². The topological polar surface area (TPSA) is 28.7 Å². The van der Waals surface area contributed by atoms with Crippen molar-refractivity contribution in [1.82, 2.24) is 9.97 Å². The summed E-state index contributed by atoms with van der Waals surface area (Å²) in [6.07, 6.45) is 1.50. The van der Waals surface area contributed by atoms with Crippen molar-refractivity contribution in [2.45, 2.75) is 26.7 Å². The van der Waals surface area contributed by atoms with E-state index in [0.717, 1.165) is 23.4 Å². The largest absolute Gasteiger partial charge is 0.362 e. The van der Waals surface area contributed by atoms with Gasteiger partial charge in [0.25, 0.3) is 0 Å². The van der Waals surface area contributed by atoms with Crippen molar-refractivity contribution in [2.75, 3.05) is 0 Å². The van der Waals surface area contributed by atoms with Gasteiger partial charge in [-0.1, -0.05) is 36.4 Å².